The van der Waals surface area contributed by atoms with Crippen molar-refractivity contribution in [1.82, 2.24) is 5.32 Å². The smallest absolute Gasteiger partial charge is 0.326 e. The molecule has 0 bridgehead atoms. The van der Waals surface area contributed by atoms with E-state index in [-0.39, 0.29) is 22.7 Å². The van der Waals surface area contributed by atoms with E-state index in [9.17, 15) is 19.5 Å². The lowest BCUT2D eigenvalue weighted by atomic mass is 9.46. The number of rotatable bonds is 6. The molecule has 3 rings (SSSR count). The summed E-state index contributed by atoms with van der Waals surface area (Å²) in [5.74, 6) is -2.24. The molecule has 0 radical (unpaired) electrons. The van der Waals surface area contributed by atoms with E-state index < -0.39 is 29.8 Å². The quantitative estimate of drug-likeness (QED) is 0.563. The maximum Gasteiger partial charge on any atom is 0.326 e. The van der Waals surface area contributed by atoms with Crippen LogP contribution in [0, 0.1) is 28.1 Å². The van der Waals surface area contributed by atoms with Crippen molar-refractivity contribution in [2.45, 2.75) is 78.2 Å². The van der Waals surface area contributed by atoms with Crippen LogP contribution < -0.4 is 5.32 Å². The summed E-state index contributed by atoms with van der Waals surface area (Å²) in [7, 11) is 0. The van der Waals surface area contributed by atoms with E-state index >= 15 is 0 Å². The van der Waals surface area contributed by atoms with Gasteiger partial charge in [-0.15, -0.1) is 6.58 Å². The number of carboxylic acid groups (broad SMARTS) is 2. The fourth-order valence-corrected chi connectivity index (χ4v) is 6.58. The van der Waals surface area contributed by atoms with Gasteiger partial charge in [0.2, 0.25) is 5.91 Å². The molecule has 0 aromatic heterocycles. The van der Waals surface area contributed by atoms with E-state index in [2.05, 4.69) is 37.9 Å². The third-order valence-electron chi connectivity index (χ3n) is 8.33. The molecule has 6 nitrogen and oxygen atoms in total. The Kier molecular flexibility index (Phi) is 5.91. The van der Waals surface area contributed by atoms with Crippen LogP contribution in [-0.2, 0) is 14.4 Å². The van der Waals surface area contributed by atoms with Gasteiger partial charge in [0.1, 0.15) is 6.04 Å². The molecule has 0 spiro atoms. The molecule has 30 heavy (non-hydrogen) atoms. The molecule has 3 aliphatic carbocycles. The van der Waals surface area contributed by atoms with Gasteiger partial charge in [0, 0.05) is 0 Å². The Morgan fingerprint density at radius 1 is 1.23 bits per heavy atom. The van der Waals surface area contributed by atoms with Gasteiger partial charge in [-0.25, -0.2) is 4.79 Å². The first-order valence-corrected chi connectivity index (χ1v) is 11.0. The first-order valence-electron chi connectivity index (χ1n) is 11.0. The summed E-state index contributed by atoms with van der Waals surface area (Å²) in [6.45, 7) is 10.5. The van der Waals surface area contributed by atoms with Crippen LogP contribution in [0.3, 0.4) is 0 Å². The van der Waals surface area contributed by atoms with Gasteiger partial charge in [-0.05, 0) is 61.2 Å². The molecule has 1 amide bonds. The summed E-state index contributed by atoms with van der Waals surface area (Å²) in [6, 6.07) is -1.40. The topological polar surface area (TPSA) is 104 Å². The highest BCUT2D eigenvalue weighted by Gasteiger charge is 2.57. The number of carbonyl (C=O) groups excluding carboxylic acids is 1. The van der Waals surface area contributed by atoms with Gasteiger partial charge in [0.15, 0.2) is 0 Å². The number of aliphatic carboxylic acids is 2. The minimum Gasteiger partial charge on any atom is -0.481 e. The molecule has 2 fully saturated rings. The van der Waals surface area contributed by atoms with E-state index in [4.69, 9.17) is 5.11 Å². The Morgan fingerprint density at radius 2 is 1.93 bits per heavy atom. The molecule has 0 unspecified atom stereocenters. The number of nitrogens with one attached hydrogen (secondary N) is 1. The van der Waals surface area contributed by atoms with Gasteiger partial charge >= 0.3 is 11.9 Å². The highest BCUT2D eigenvalue weighted by atomic mass is 16.4. The van der Waals surface area contributed by atoms with E-state index in [1.807, 2.05) is 6.92 Å². The zero-order chi connectivity index (χ0) is 22.3. The second kappa shape index (κ2) is 7.86. The number of carboxylic acids is 2. The molecule has 0 aromatic rings. The highest BCUT2D eigenvalue weighted by molar-refractivity contribution is 5.89. The van der Waals surface area contributed by atoms with Crippen LogP contribution in [0.15, 0.2) is 24.3 Å². The second-order valence-electron chi connectivity index (χ2n) is 10.4. The van der Waals surface area contributed by atoms with Crippen LogP contribution in [0.2, 0.25) is 0 Å². The molecule has 0 aliphatic heterocycles. The molecule has 0 heterocycles. The predicted molar refractivity (Wildman–Crippen MR) is 114 cm³/mol. The van der Waals surface area contributed by atoms with Gasteiger partial charge in [-0.1, -0.05) is 44.9 Å². The van der Waals surface area contributed by atoms with Crippen LogP contribution in [0.4, 0.5) is 0 Å². The lowest BCUT2D eigenvalue weighted by molar-refractivity contribution is -0.151. The largest absolute Gasteiger partial charge is 0.481 e. The summed E-state index contributed by atoms with van der Waals surface area (Å²) >= 11 is 0. The third kappa shape index (κ3) is 3.81. The second-order valence-corrected chi connectivity index (χ2v) is 10.4. The summed E-state index contributed by atoms with van der Waals surface area (Å²) in [6.07, 6.45) is 10.5. The average Bonchev–Trinajstić information content (AvgIpc) is 2.66. The Hall–Kier alpha value is -2.11. The molecule has 6 atom stereocenters. The SMILES string of the molecule is C=C[C@@]1(C)CC=C2[C@@H](CC[C@@H]3[C@](C)(C(=O)N[C@@H](CC(=O)O)C(=O)O)CCC[C@@]23C)C1. The number of hydrogen-bond acceptors (Lipinski definition) is 3. The zero-order valence-corrected chi connectivity index (χ0v) is 18.4. The van der Waals surface area contributed by atoms with Crippen LogP contribution in [0.5, 0.6) is 0 Å². The zero-order valence-electron chi connectivity index (χ0n) is 18.4. The monoisotopic (exact) mass is 417 g/mol. The minimum atomic E-state index is -1.40. The first-order chi connectivity index (χ1) is 13.9. The first kappa shape index (κ1) is 22.6. The number of carbonyl (C=O) groups is 3. The lowest BCUT2D eigenvalue weighted by Crippen LogP contribution is -2.57. The van der Waals surface area contributed by atoms with Crippen molar-refractivity contribution in [3.63, 3.8) is 0 Å². The normalized spacial score (nSPS) is 39.0. The average molecular weight is 418 g/mol. The van der Waals surface area contributed by atoms with E-state index in [0.29, 0.717) is 12.3 Å². The summed E-state index contributed by atoms with van der Waals surface area (Å²) in [5.41, 5.74) is 0.807. The molecule has 0 saturated heterocycles. The maximum absolute atomic E-state index is 13.3. The van der Waals surface area contributed by atoms with Crippen LogP contribution in [-0.4, -0.2) is 34.1 Å². The molecular weight excluding hydrogens is 382 g/mol. The van der Waals surface area contributed by atoms with Gasteiger partial charge in [0.05, 0.1) is 11.8 Å². The van der Waals surface area contributed by atoms with Crippen molar-refractivity contribution in [3.8, 4) is 0 Å². The highest BCUT2D eigenvalue weighted by Crippen LogP contribution is 2.63. The maximum atomic E-state index is 13.3. The predicted octanol–water partition coefficient (Wildman–Crippen LogP) is 4.17. The Morgan fingerprint density at radius 3 is 2.53 bits per heavy atom. The Labute approximate surface area is 178 Å². The summed E-state index contributed by atoms with van der Waals surface area (Å²) < 4.78 is 0. The fraction of sp³-hybridized carbons (Fsp3) is 0.708. The van der Waals surface area contributed by atoms with Gasteiger partial charge in [0.25, 0.3) is 0 Å². The van der Waals surface area contributed by atoms with E-state index in [1.165, 1.54) is 5.57 Å². The number of hydrogen-bond donors (Lipinski definition) is 3. The lowest BCUT2D eigenvalue weighted by Gasteiger charge is -2.58. The van der Waals surface area contributed by atoms with E-state index in [1.54, 1.807) is 0 Å². The van der Waals surface area contributed by atoms with Gasteiger partial charge in [-0.2, -0.15) is 0 Å². The fourth-order valence-electron chi connectivity index (χ4n) is 6.58. The van der Waals surface area contributed by atoms with Crippen LogP contribution in [0.25, 0.3) is 0 Å². The van der Waals surface area contributed by atoms with E-state index in [0.717, 1.165) is 38.5 Å². The van der Waals surface area contributed by atoms with Crippen LogP contribution in [0.1, 0.15) is 72.1 Å². The van der Waals surface area contributed by atoms with Crippen molar-refractivity contribution in [2.24, 2.45) is 28.1 Å². The Bertz CT molecular complexity index is 788. The molecule has 3 aliphatic rings. The number of allylic oxidation sites excluding steroid dienone is 3. The molecule has 2 saturated carbocycles. The van der Waals surface area contributed by atoms with Gasteiger partial charge < -0.3 is 15.5 Å². The Balaban J connectivity index is 1.88. The standard InChI is InChI=1S/C24H35NO5/c1-5-22(2)12-9-16-15(14-22)7-8-18-23(16,3)10-6-11-24(18,4)21(30)25-17(20(28)29)13-19(26)27/h5,9,15,17-18H,1,6-8,10-14H2,2-4H3,(H,25,30)(H,26,27)(H,28,29)/t15-,17-,18-,22-,23-,24+/m0/s1. The third-order valence-corrected chi connectivity index (χ3v) is 8.33. The molecule has 3 N–H and O–H groups in total. The molecule has 166 valence electrons. The number of fused-ring (bicyclic) bond motifs is 3. The van der Waals surface area contributed by atoms with Crippen molar-refractivity contribution in [1.29, 1.82) is 0 Å². The molecular formula is C24H35NO5. The summed E-state index contributed by atoms with van der Waals surface area (Å²) in [4.78, 5) is 35.8. The van der Waals surface area contributed by atoms with Crippen molar-refractivity contribution < 1.29 is 24.6 Å². The van der Waals surface area contributed by atoms with Crippen molar-refractivity contribution in [3.05, 3.63) is 24.3 Å². The van der Waals surface area contributed by atoms with Crippen molar-refractivity contribution >= 4 is 17.8 Å². The minimum absolute atomic E-state index is 0.0821. The molecule has 0 aromatic carbocycles. The number of amides is 1. The molecule has 6 heteroatoms. The summed E-state index contributed by atoms with van der Waals surface area (Å²) in [5, 5.41) is 20.9. The van der Waals surface area contributed by atoms with Crippen LogP contribution >= 0.6 is 0 Å². The van der Waals surface area contributed by atoms with Gasteiger partial charge in [-0.3, -0.25) is 9.59 Å². The van der Waals surface area contributed by atoms with Crippen molar-refractivity contribution in [2.75, 3.05) is 0 Å².